The van der Waals surface area contributed by atoms with E-state index in [1.165, 1.54) is 23.3 Å². The molecule has 1 atom stereocenters. The lowest BCUT2D eigenvalue weighted by atomic mass is 9.88. The third-order valence-electron chi connectivity index (χ3n) is 10.1. The Morgan fingerprint density at radius 3 is 2.52 bits per heavy atom. The number of carbonyl (C=O) groups excluding carboxylic acids is 3. The number of hydrogen-bond donors (Lipinski definition) is 3. The van der Waals surface area contributed by atoms with E-state index in [0.717, 1.165) is 18.5 Å². The van der Waals surface area contributed by atoms with E-state index in [0.29, 0.717) is 80.5 Å². The summed E-state index contributed by atoms with van der Waals surface area (Å²) in [5.74, 6) is -0.786. The second-order valence-corrected chi connectivity index (χ2v) is 15.0. The average Bonchev–Trinajstić information content (AvgIpc) is 3.19. The van der Waals surface area contributed by atoms with Crippen LogP contribution >= 0.6 is 11.6 Å². The summed E-state index contributed by atoms with van der Waals surface area (Å²) in [5, 5.41) is 15.0. The van der Waals surface area contributed by atoms with Gasteiger partial charge in [0.15, 0.2) is 0 Å². The number of nitrogens with one attached hydrogen (secondary N) is 1. The Hall–Kier alpha value is -5.44. The molecule has 6 rings (SSSR count). The van der Waals surface area contributed by atoms with Gasteiger partial charge in [-0.1, -0.05) is 41.9 Å². The molecule has 3 aromatic heterocycles. The number of piperidine rings is 1. The van der Waals surface area contributed by atoms with Crippen molar-refractivity contribution in [2.75, 3.05) is 46.9 Å². The van der Waals surface area contributed by atoms with Crippen molar-refractivity contribution in [3.8, 4) is 5.75 Å². The molecule has 5 aromatic rings. The topological polar surface area (TPSA) is 186 Å². The van der Waals surface area contributed by atoms with E-state index in [1.54, 1.807) is 29.2 Å². The highest BCUT2D eigenvalue weighted by Crippen LogP contribution is 2.28. The maximum Gasteiger partial charge on any atom is 0.261 e. The number of hydrogen-bond acceptors (Lipinski definition) is 10. The standard InChI is InChI=1S/C41H47ClN8O6/c1-48(2)16-7-19-56-30-11-12-31-33(22-30)47-26-50(40(31)54)25-41(55)13-17-49(18-14-41)39(53)28(20-27-8-4-3-5-9-27)10-6-15-44-38(52)29-21-34-36(46-23-29)35(42)32(24-45-34)37(43)51/h3-5,8-9,11-12,21-24,26,28,55H,6-7,10,13-20,25H2,1-2H3,(H2,43,51)(H,44,52). The van der Waals surface area contributed by atoms with E-state index in [9.17, 15) is 24.3 Å². The van der Waals surface area contributed by atoms with Crippen LogP contribution in [0.15, 0.2) is 78.1 Å². The van der Waals surface area contributed by atoms with Crippen molar-refractivity contribution in [1.29, 1.82) is 0 Å². The number of ether oxygens (including phenoxy) is 1. The highest BCUT2D eigenvalue weighted by molar-refractivity contribution is 6.38. The van der Waals surface area contributed by atoms with Crippen LogP contribution in [-0.2, 0) is 17.8 Å². The Morgan fingerprint density at radius 1 is 1.02 bits per heavy atom. The van der Waals surface area contributed by atoms with Crippen molar-refractivity contribution >= 4 is 51.3 Å². The van der Waals surface area contributed by atoms with E-state index in [-0.39, 0.29) is 51.5 Å². The number of nitrogens with zero attached hydrogens (tertiary/aromatic N) is 6. The van der Waals surface area contributed by atoms with Gasteiger partial charge < -0.3 is 30.7 Å². The van der Waals surface area contributed by atoms with E-state index in [2.05, 4.69) is 25.2 Å². The zero-order valence-corrected chi connectivity index (χ0v) is 32.4. The van der Waals surface area contributed by atoms with Crippen LogP contribution in [0.4, 0.5) is 0 Å². The van der Waals surface area contributed by atoms with Gasteiger partial charge in [-0.2, -0.15) is 0 Å². The SMILES string of the molecule is CN(C)CCCOc1ccc2c(=O)n(CC3(O)CCN(C(=O)C(CCCNC(=O)c4cnc5c(Cl)c(C(N)=O)cnc5c4)Cc4ccccc4)CC3)cnc2c1. The fraction of sp³-hybridized carbons (Fsp3) is 0.390. The first-order valence-electron chi connectivity index (χ1n) is 18.7. The van der Waals surface area contributed by atoms with Gasteiger partial charge in [-0.25, -0.2) is 4.98 Å². The summed E-state index contributed by atoms with van der Waals surface area (Å²) in [6.07, 6.45) is 7.18. The third-order valence-corrected chi connectivity index (χ3v) is 10.5. The normalized spacial score (nSPS) is 14.6. The molecule has 14 nitrogen and oxygen atoms in total. The lowest BCUT2D eigenvalue weighted by Gasteiger charge is -2.39. The van der Waals surface area contributed by atoms with Crippen LogP contribution in [0.5, 0.6) is 5.75 Å². The summed E-state index contributed by atoms with van der Waals surface area (Å²) in [6, 6.07) is 16.6. The quantitative estimate of drug-likeness (QED) is 0.124. The number of aromatic nitrogens is 4. The molecule has 4 heterocycles. The number of likely N-dealkylation sites (tertiary alicyclic amines) is 1. The zero-order chi connectivity index (χ0) is 39.8. The molecular formula is C41H47ClN8O6. The van der Waals surface area contributed by atoms with Gasteiger partial charge in [-0.3, -0.25) is 33.7 Å². The molecule has 1 unspecified atom stereocenters. The molecule has 1 aliphatic rings. The van der Waals surface area contributed by atoms with E-state index in [1.807, 2.05) is 44.4 Å². The summed E-state index contributed by atoms with van der Waals surface area (Å²) in [5.41, 5.74) is 6.42. The fourth-order valence-electron chi connectivity index (χ4n) is 6.99. The molecule has 56 heavy (non-hydrogen) atoms. The molecule has 15 heteroatoms. The molecule has 2 aromatic carbocycles. The van der Waals surface area contributed by atoms with Gasteiger partial charge in [0.2, 0.25) is 5.91 Å². The van der Waals surface area contributed by atoms with Crippen molar-refractivity contribution < 1.29 is 24.2 Å². The summed E-state index contributed by atoms with van der Waals surface area (Å²) >= 11 is 6.27. The number of rotatable bonds is 16. The number of primary amides is 1. The molecule has 294 valence electrons. The van der Waals surface area contributed by atoms with Gasteiger partial charge in [-0.05, 0) is 76.4 Å². The number of pyridine rings is 2. The molecule has 1 aliphatic heterocycles. The third kappa shape index (κ3) is 9.86. The fourth-order valence-corrected chi connectivity index (χ4v) is 7.27. The van der Waals surface area contributed by atoms with Crippen molar-refractivity contribution in [3.63, 3.8) is 0 Å². The maximum absolute atomic E-state index is 14.0. The number of amides is 3. The average molecular weight is 783 g/mol. The first kappa shape index (κ1) is 40.2. The largest absolute Gasteiger partial charge is 0.493 e. The second kappa shape index (κ2) is 18.0. The van der Waals surface area contributed by atoms with Crippen molar-refractivity contribution in [2.24, 2.45) is 11.7 Å². The van der Waals surface area contributed by atoms with Crippen LogP contribution < -0.4 is 21.3 Å². The Bertz CT molecular complexity index is 2260. The number of halogens is 1. The van der Waals surface area contributed by atoms with Gasteiger partial charge in [0.1, 0.15) is 11.3 Å². The zero-order valence-electron chi connectivity index (χ0n) is 31.6. The van der Waals surface area contributed by atoms with Crippen LogP contribution in [-0.4, -0.2) is 105 Å². The molecule has 3 amide bonds. The van der Waals surface area contributed by atoms with E-state index >= 15 is 0 Å². The van der Waals surface area contributed by atoms with E-state index in [4.69, 9.17) is 22.1 Å². The van der Waals surface area contributed by atoms with E-state index < -0.39 is 11.5 Å². The van der Waals surface area contributed by atoms with Gasteiger partial charge in [0, 0.05) is 50.6 Å². The summed E-state index contributed by atoms with van der Waals surface area (Å²) in [4.78, 5) is 68.8. The molecule has 0 spiro atoms. The molecule has 0 radical (unpaired) electrons. The smallest absolute Gasteiger partial charge is 0.261 e. The number of benzene rings is 2. The van der Waals surface area contributed by atoms with Crippen LogP contribution in [0, 0.1) is 5.92 Å². The highest BCUT2D eigenvalue weighted by atomic mass is 35.5. The molecule has 0 bridgehead atoms. The Labute approximate surface area is 329 Å². The lowest BCUT2D eigenvalue weighted by molar-refractivity contribution is -0.140. The molecule has 0 aliphatic carbocycles. The number of nitrogens with two attached hydrogens (primary N) is 1. The van der Waals surface area contributed by atoms with Gasteiger partial charge >= 0.3 is 0 Å². The second-order valence-electron chi connectivity index (χ2n) is 14.6. The highest BCUT2D eigenvalue weighted by Gasteiger charge is 2.36. The predicted octanol–water partition coefficient (Wildman–Crippen LogP) is 3.85. The number of carbonyl (C=O) groups is 3. The Morgan fingerprint density at radius 2 is 1.79 bits per heavy atom. The van der Waals surface area contributed by atoms with Crippen molar-refractivity contribution in [2.45, 2.75) is 50.7 Å². The Kier molecular flexibility index (Phi) is 12.9. The molecule has 0 saturated carbocycles. The Balaban J connectivity index is 1.04. The number of aliphatic hydroxyl groups is 1. The van der Waals surface area contributed by atoms with Crippen molar-refractivity contribution in [1.82, 2.24) is 34.6 Å². The first-order chi connectivity index (χ1) is 26.9. The minimum Gasteiger partial charge on any atom is -0.493 e. The monoisotopic (exact) mass is 782 g/mol. The summed E-state index contributed by atoms with van der Waals surface area (Å²) in [6.45, 7) is 2.54. The summed E-state index contributed by atoms with van der Waals surface area (Å²) < 4.78 is 7.29. The minimum atomic E-state index is -1.19. The molecule has 1 saturated heterocycles. The minimum absolute atomic E-state index is 0.0106. The molecule has 1 fully saturated rings. The van der Waals surface area contributed by atoms with Crippen LogP contribution in [0.1, 0.15) is 58.4 Å². The van der Waals surface area contributed by atoms with Crippen LogP contribution in [0.3, 0.4) is 0 Å². The van der Waals surface area contributed by atoms with Gasteiger partial charge in [-0.15, -0.1) is 0 Å². The maximum atomic E-state index is 14.0. The van der Waals surface area contributed by atoms with Crippen LogP contribution in [0.2, 0.25) is 5.02 Å². The number of fused-ring (bicyclic) bond motifs is 2. The molecule has 4 N–H and O–H groups in total. The van der Waals surface area contributed by atoms with Gasteiger partial charge in [0.25, 0.3) is 17.4 Å². The molecular weight excluding hydrogens is 736 g/mol. The lowest BCUT2D eigenvalue weighted by Crippen LogP contribution is -2.51. The van der Waals surface area contributed by atoms with Crippen molar-refractivity contribution in [3.05, 3.63) is 105 Å². The van der Waals surface area contributed by atoms with Gasteiger partial charge in [0.05, 0.1) is 57.6 Å². The predicted molar refractivity (Wildman–Crippen MR) is 214 cm³/mol. The first-order valence-corrected chi connectivity index (χ1v) is 19.1. The summed E-state index contributed by atoms with van der Waals surface area (Å²) in [7, 11) is 4.02. The van der Waals surface area contributed by atoms with Crippen LogP contribution in [0.25, 0.3) is 21.9 Å².